The summed E-state index contributed by atoms with van der Waals surface area (Å²) < 4.78 is 0. The first-order valence-corrected chi connectivity index (χ1v) is 13.7. The van der Waals surface area contributed by atoms with Crippen LogP contribution in [0, 0.1) is 62.4 Å². The zero-order valence-corrected chi connectivity index (χ0v) is 21.4. The highest BCUT2D eigenvalue weighted by Gasteiger charge is 2.70. The Morgan fingerprint density at radius 1 is 0.968 bits per heavy atom. The summed E-state index contributed by atoms with van der Waals surface area (Å²) in [6, 6.07) is 0. The van der Waals surface area contributed by atoms with Gasteiger partial charge >= 0.3 is 0 Å². The van der Waals surface area contributed by atoms with Crippen molar-refractivity contribution in [1.82, 2.24) is 0 Å². The summed E-state index contributed by atoms with van der Waals surface area (Å²) in [6.07, 6.45) is 14.2. The minimum Gasteiger partial charge on any atom is -0.263 e. The molecule has 4 aliphatic rings. The quantitative estimate of drug-likeness (QED) is 0.176. The normalized spacial score (nSPS) is 48.0. The van der Waals surface area contributed by atoms with Gasteiger partial charge in [-0.15, -0.1) is 0 Å². The summed E-state index contributed by atoms with van der Waals surface area (Å²) in [6.45, 7) is 12.1. The maximum atomic E-state index is 12.5. The maximum absolute atomic E-state index is 12.5. The van der Waals surface area contributed by atoms with Crippen LogP contribution in [0.25, 0.3) is 0 Å². The number of rotatable bonds is 6. The molecule has 4 rings (SSSR count). The standard InChI is InChI=1S/C27H46ClNO2/c1-18(2)9-8-10-19(3)21-12-13-22-24-23(14-16-26(21,22)5)25(4)15-7-6-11-20(25)17-27(24,28)29(30)31/h18-24H,6-17H2,1-5H3/t19-,20-,21+,22-,23+,24-,25-,26+,27+/m1/s1. The average Bonchev–Trinajstić information content (AvgIpc) is 3.05. The minimum absolute atomic E-state index is 0.0501. The summed E-state index contributed by atoms with van der Waals surface area (Å²) in [5.41, 5.74) is 0.492. The Labute approximate surface area is 195 Å². The first-order chi connectivity index (χ1) is 14.5. The molecular weight excluding hydrogens is 406 g/mol. The van der Waals surface area contributed by atoms with Crippen molar-refractivity contribution in [2.24, 2.45) is 52.3 Å². The first-order valence-electron chi connectivity index (χ1n) is 13.4. The molecule has 9 atom stereocenters. The molecule has 0 unspecified atom stereocenters. The van der Waals surface area contributed by atoms with Gasteiger partial charge in [-0.05, 0) is 96.5 Å². The van der Waals surface area contributed by atoms with Gasteiger partial charge in [-0.2, -0.15) is 0 Å². The Hall–Kier alpha value is -0.310. The molecule has 0 bridgehead atoms. The van der Waals surface area contributed by atoms with E-state index < -0.39 is 5.00 Å². The second-order valence-electron chi connectivity index (χ2n) is 13.0. The van der Waals surface area contributed by atoms with Crippen molar-refractivity contribution in [3.05, 3.63) is 10.1 Å². The highest BCUT2D eigenvalue weighted by molar-refractivity contribution is 6.23. The van der Waals surface area contributed by atoms with E-state index in [1.807, 2.05) is 0 Å². The van der Waals surface area contributed by atoms with Crippen molar-refractivity contribution in [3.8, 4) is 0 Å². The van der Waals surface area contributed by atoms with Gasteiger partial charge in [0, 0.05) is 11.3 Å². The van der Waals surface area contributed by atoms with Crippen LogP contribution in [0.5, 0.6) is 0 Å². The summed E-state index contributed by atoms with van der Waals surface area (Å²) >= 11 is 7.14. The van der Waals surface area contributed by atoms with Crippen LogP contribution in [0.2, 0.25) is 0 Å². The maximum Gasteiger partial charge on any atom is 0.298 e. The molecule has 0 N–H and O–H groups in total. The Morgan fingerprint density at radius 2 is 1.68 bits per heavy atom. The molecule has 0 amide bonds. The molecule has 0 radical (unpaired) electrons. The molecule has 0 aromatic heterocycles. The molecule has 0 aromatic rings. The van der Waals surface area contributed by atoms with Crippen LogP contribution in [0.3, 0.4) is 0 Å². The third-order valence-electron chi connectivity index (χ3n) is 11.1. The van der Waals surface area contributed by atoms with E-state index in [0.717, 1.165) is 25.2 Å². The van der Waals surface area contributed by atoms with E-state index in [0.29, 0.717) is 36.0 Å². The Kier molecular flexibility index (Phi) is 6.52. The van der Waals surface area contributed by atoms with Crippen molar-refractivity contribution in [2.75, 3.05) is 0 Å². The Bertz CT molecular complexity index is 682. The van der Waals surface area contributed by atoms with Gasteiger partial charge in [-0.25, -0.2) is 0 Å². The van der Waals surface area contributed by atoms with E-state index >= 15 is 0 Å². The largest absolute Gasteiger partial charge is 0.298 e. The highest BCUT2D eigenvalue weighted by Crippen LogP contribution is 2.71. The number of hydrogen-bond donors (Lipinski definition) is 0. The Balaban J connectivity index is 1.62. The molecule has 31 heavy (non-hydrogen) atoms. The van der Waals surface area contributed by atoms with Crippen LogP contribution in [0.15, 0.2) is 0 Å². The molecule has 0 aromatic carbocycles. The lowest BCUT2D eigenvalue weighted by molar-refractivity contribution is -0.568. The lowest BCUT2D eigenvalue weighted by Crippen LogP contribution is -2.63. The smallest absolute Gasteiger partial charge is 0.263 e. The van der Waals surface area contributed by atoms with Crippen LogP contribution in [-0.2, 0) is 0 Å². The highest BCUT2D eigenvalue weighted by atomic mass is 35.5. The molecule has 4 aliphatic carbocycles. The minimum atomic E-state index is -1.24. The second kappa shape index (κ2) is 8.48. The third kappa shape index (κ3) is 3.77. The molecule has 178 valence electrons. The van der Waals surface area contributed by atoms with Crippen molar-refractivity contribution >= 4 is 11.6 Å². The average molecular weight is 452 g/mol. The van der Waals surface area contributed by atoms with Gasteiger partial charge in [0.15, 0.2) is 0 Å². The number of nitro groups is 1. The van der Waals surface area contributed by atoms with Gasteiger partial charge in [0.1, 0.15) is 0 Å². The third-order valence-corrected chi connectivity index (χ3v) is 11.7. The van der Waals surface area contributed by atoms with Crippen molar-refractivity contribution in [2.45, 2.75) is 117 Å². The number of fused-ring (bicyclic) bond motifs is 5. The fourth-order valence-electron chi connectivity index (χ4n) is 9.45. The fraction of sp³-hybridized carbons (Fsp3) is 1.00. The van der Waals surface area contributed by atoms with Crippen LogP contribution < -0.4 is 0 Å². The number of hydrogen-bond acceptors (Lipinski definition) is 2. The molecule has 0 heterocycles. The van der Waals surface area contributed by atoms with Crippen LogP contribution in [0.4, 0.5) is 0 Å². The van der Waals surface area contributed by atoms with E-state index in [1.54, 1.807) is 0 Å². The van der Waals surface area contributed by atoms with Gasteiger partial charge in [0.05, 0.1) is 5.92 Å². The number of halogens is 1. The van der Waals surface area contributed by atoms with Crippen molar-refractivity contribution in [1.29, 1.82) is 0 Å². The van der Waals surface area contributed by atoms with E-state index in [1.165, 1.54) is 51.4 Å². The van der Waals surface area contributed by atoms with E-state index in [2.05, 4.69) is 34.6 Å². The van der Waals surface area contributed by atoms with Gasteiger partial charge in [0.25, 0.3) is 5.00 Å². The summed E-state index contributed by atoms with van der Waals surface area (Å²) in [5.74, 6) is 3.53. The zero-order valence-electron chi connectivity index (χ0n) is 20.7. The number of alkyl halides is 1. The van der Waals surface area contributed by atoms with Crippen LogP contribution >= 0.6 is 11.6 Å². The lowest BCUT2D eigenvalue weighted by Gasteiger charge is -2.62. The zero-order chi connectivity index (χ0) is 22.6. The van der Waals surface area contributed by atoms with Gasteiger partial charge in [0.2, 0.25) is 0 Å². The second-order valence-corrected chi connectivity index (χ2v) is 13.7. The van der Waals surface area contributed by atoms with E-state index in [9.17, 15) is 10.1 Å². The molecule has 3 nitrogen and oxygen atoms in total. The number of nitrogens with zero attached hydrogens (tertiary/aromatic N) is 1. The van der Waals surface area contributed by atoms with Gasteiger partial charge < -0.3 is 0 Å². The first kappa shape index (κ1) is 23.8. The fourth-order valence-corrected chi connectivity index (χ4v) is 9.94. The molecule has 4 fully saturated rings. The van der Waals surface area contributed by atoms with Crippen molar-refractivity contribution < 1.29 is 4.92 Å². The monoisotopic (exact) mass is 451 g/mol. The molecule has 0 saturated heterocycles. The lowest BCUT2D eigenvalue weighted by atomic mass is 9.43. The van der Waals surface area contributed by atoms with E-state index in [4.69, 9.17) is 11.6 Å². The molecule has 0 spiro atoms. The van der Waals surface area contributed by atoms with Crippen molar-refractivity contribution in [3.63, 3.8) is 0 Å². The van der Waals surface area contributed by atoms with E-state index in [-0.39, 0.29) is 21.7 Å². The molecule has 4 heteroatoms. The summed E-state index contributed by atoms with van der Waals surface area (Å²) in [5, 5.41) is 12.5. The summed E-state index contributed by atoms with van der Waals surface area (Å²) in [7, 11) is 0. The molecular formula is C27H46ClNO2. The summed E-state index contributed by atoms with van der Waals surface area (Å²) in [4.78, 5) is 11.2. The molecule has 0 aliphatic heterocycles. The predicted octanol–water partition coefficient (Wildman–Crippen LogP) is 8.32. The molecule has 4 saturated carbocycles. The van der Waals surface area contributed by atoms with Crippen LogP contribution in [0.1, 0.15) is 112 Å². The Morgan fingerprint density at radius 3 is 2.35 bits per heavy atom. The topological polar surface area (TPSA) is 43.1 Å². The predicted molar refractivity (Wildman–Crippen MR) is 129 cm³/mol. The van der Waals surface area contributed by atoms with Crippen LogP contribution in [-0.4, -0.2) is 9.92 Å². The SMILES string of the molecule is CC(C)CCC[C@@H](C)[C@@H]1CC[C@@H]2[C@@H]3[C@H](CC[C@]21C)[C@]1(C)CCCC[C@@H]1C[C@]3(Cl)[N+](=O)[O-]. The van der Waals surface area contributed by atoms with Gasteiger partial charge in [-0.1, -0.05) is 66.7 Å². The van der Waals surface area contributed by atoms with Gasteiger partial charge in [-0.3, -0.25) is 10.1 Å².